The van der Waals surface area contributed by atoms with Crippen LogP contribution >= 0.6 is 207 Å². The summed E-state index contributed by atoms with van der Waals surface area (Å²) in [6.07, 6.45) is 0. The van der Waals surface area contributed by atoms with E-state index in [1.54, 1.807) is 0 Å². The van der Waals surface area contributed by atoms with Crippen LogP contribution in [0.4, 0.5) is 0 Å². The van der Waals surface area contributed by atoms with E-state index in [0.717, 1.165) is 42.4 Å². The van der Waals surface area contributed by atoms with Gasteiger partial charge in [-0.25, -0.2) is 0 Å². The van der Waals surface area contributed by atoms with Crippen molar-refractivity contribution in [1.82, 2.24) is 0 Å². The van der Waals surface area contributed by atoms with E-state index < -0.39 is 9.70 Å². The molecule has 0 spiro atoms. The number of halogens is 13. The minimum Gasteiger partial charge on any atom is -0.0608 e. The van der Waals surface area contributed by atoms with Gasteiger partial charge in [0.15, 0.2) is 4.29 Å². The minimum absolute atomic E-state index is 0.822. The van der Waals surface area contributed by atoms with Crippen LogP contribution < -0.4 is 0 Å². The maximum absolute atomic E-state index is 3.83. The molecule has 0 N–H and O–H groups in total. The Morgan fingerprint density at radius 2 is 0.893 bits per heavy atom. The molecule has 2 aromatic carbocycles. The fourth-order valence-corrected chi connectivity index (χ4v) is 13.8. The van der Waals surface area contributed by atoms with Gasteiger partial charge in [-0.05, 0) is 129 Å². The second-order valence-electron chi connectivity index (χ2n) is 5.29. The molecule has 0 heterocycles. The highest BCUT2D eigenvalue weighted by Gasteiger charge is 2.63. The third-order valence-electron chi connectivity index (χ3n) is 3.79. The van der Waals surface area contributed by atoms with Gasteiger partial charge in [-0.3, -0.25) is 0 Å². The van der Waals surface area contributed by atoms with Crippen LogP contribution in [0.15, 0.2) is 49.5 Å². The van der Waals surface area contributed by atoms with E-state index in [4.69, 9.17) is 0 Å². The summed E-state index contributed by atoms with van der Waals surface area (Å²) in [6, 6.07) is 6.02. The third-order valence-corrected chi connectivity index (χ3v) is 15.5. The lowest BCUT2D eigenvalue weighted by molar-refractivity contribution is 0.591. The van der Waals surface area contributed by atoms with E-state index in [1.807, 2.05) is 12.1 Å². The molecule has 0 aliphatic carbocycles. The molecule has 13 heteroatoms. The zero-order valence-electron chi connectivity index (χ0n) is 12.6. The Labute approximate surface area is 272 Å². The largest absolute Gasteiger partial charge is 0.151 e. The van der Waals surface area contributed by atoms with E-state index in [9.17, 15) is 0 Å². The van der Waals surface area contributed by atoms with Gasteiger partial charge in [0.25, 0.3) is 0 Å². The van der Waals surface area contributed by atoms with Gasteiger partial charge < -0.3 is 0 Å². The first kappa shape index (κ1) is 28.9. The standard InChI is InChI=1S/C15H3Br13/c16-5-3-1-2-4(7(5)17)13(14(23,24)25,15(26,27)28)6-8(18)10(20)12(22)11(21)9(6)19/h1-3H. The zero-order chi connectivity index (χ0) is 21.8. The fraction of sp³-hybridized carbons (Fsp3) is 0.200. The lowest BCUT2D eigenvalue weighted by Crippen LogP contribution is -2.51. The Kier molecular flexibility index (Phi) is 11.1. The van der Waals surface area contributed by atoms with Crippen LogP contribution in [0.3, 0.4) is 0 Å². The van der Waals surface area contributed by atoms with Gasteiger partial charge in [0.2, 0.25) is 0 Å². The summed E-state index contributed by atoms with van der Waals surface area (Å²) in [5.74, 6) is 0. The van der Waals surface area contributed by atoms with Gasteiger partial charge in [-0.2, -0.15) is 0 Å². The minimum atomic E-state index is -0.855. The van der Waals surface area contributed by atoms with Crippen LogP contribution in [0, 0.1) is 0 Å². The van der Waals surface area contributed by atoms with Crippen molar-refractivity contribution in [2.24, 2.45) is 0 Å². The second-order valence-corrected chi connectivity index (χ2v) is 24.4. The number of hydrogen-bond donors (Lipinski definition) is 0. The van der Waals surface area contributed by atoms with Gasteiger partial charge in [0, 0.05) is 31.3 Å². The van der Waals surface area contributed by atoms with Gasteiger partial charge in [0.1, 0.15) is 0 Å². The topological polar surface area (TPSA) is 0 Å². The number of rotatable bonds is 2. The summed E-state index contributed by atoms with van der Waals surface area (Å²) < 4.78 is 4.49. The molecule has 0 atom stereocenters. The normalized spacial score (nSPS) is 13.2. The Morgan fingerprint density at radius 1 is 0.500 bits per heavy atom. The molecule has 2 rings (SSSR count). The summed E-state index contributed by atoms with van der Waals surface area (Å²) in [6.45, 7) is 0. The van der Waals surface area contributed by atoms with Crippen molar-refractivity contribution in [2.45, 2.75) is 9.70 Å². The molecule has 28 heavy (non-hydrogen) atoms. The predicted molar refractivity (Wildman–Crippen MR) is 167 cm³/mol. The highest BCUT2D eigenvalue weighted by Crippen LogP contribution is 2.70. The molecule has 0 radical (unpaired) electrons. The molecule has 154 valence electrons. The second kappa shape index (κ2) is 10.7. The average molecular weight is 1220 g/mol. The van der Waals surface area contributed by atoms with Crippen LogP contribution in [-0.4, -0.2) is 4.29 Å². The number of alkyl halides is 6. The summed E-state index contributed by atoms with van der Waals surface area (Å²) in [5.41, 5.74) is 1.02. The fourth-order valence-electron chi connectivity index (χ4n) is 2.61. The van der Waals surface area contributed by atoms with E-state index in [0.29, 0.717) is 0 Å². The third kappa shape index (κ3) is 5.12. The van der Waals surface area contributed by atoms with Crippen molar-refractivity contribution in [3.8, 4) is 0 Å². The Morgan fingerprint density at radius 3 is 1.29 bits per heavy atom. The van der Waals surface area contributed by atoms with E-state index in [1.165, 1.54) is 0 Å². The van der Waals surface area contributed by atoms with Crippen LogP contribution in [-0.2, 0) is 5.41 Å². The van der Waals surface area contributed by atoms with Crippen molar-refractivity contribution in [2.75, 3.05) is 0 Å². The number of hydrogen-bond acceptors (Lipinski definition) is 0. The molecule has 0 aromatic heterocycles. The zero-order valence-corrected chi connectivity index (χ0v) is 33.3. The van der Waals surface area contributed by atoms with Crippen molar-refractivity contribution in [1.29, 1.82) is 0 Å². The SMILES string of the molecule is Brc1cccc(C(c2c(Br)c(Br)c(Br)c(Br)c2Br)(C(Br)(Br)Br)C(Br)(Br)Br)c1Br. The molecule has 0 aliphatic heterocycles. The summed E-state index contributed by atoms with van der Waals surface area (Å²) >= 11 is 49.0. The highest BCUT2D eigenvalue weighted by molar-refractivity contribution is 9.41. The first-order valence-corrected chi connectivity index (χ1v) is 17.0. The Hall–Kier alpha value is 4.68. The molecular formula is C15H3Br13. The Balaban J connectivity index is 3.26. The molecule has 0 nitrogen and oxygen atoms in total. The average Bonchev–Trinajstić information content (AvgIpc) is 2.56. The highest BCUT2D eigenvalue weighted by atomic mass is 80.0. The van der Waals surface area contributed by atoms with Gasteiger partial charge in [-0.15, -0.1) is 0 Å². The molecule has 2 aromatic rings. The molecule has 0 bridgehead atoms. The first-order valence-electron chi connectivity index (χ1n) is 6.70. The van der Waals surface area contributed by atoms with Crippen LogP contribution in [0.5, 0.6) is 0 Å². The maximum Gasteiger partial charge on any atom is 0.151 e. The Bertz CT molecular complexity index is 880. The molecule has 0 unspecified atom stereocenters. The predicted octanol–water partition coefficient (Wildman–Crippen LogP) is 13.0. The van der Waals surface area contributed by atoms with E-state index in [-0.39, 0.29) is 0 Å². The monoisotopic (exact) mass is 1210 g/mol. The molecule has 0 fully saturated rings. The smallest absolute Gasteiger partial charge is 0.0608 e. The molecule has 0 aliphatic rings. The van der Waals surface area contributed by atoms with Gasteiger partial charge >= 0.3 is 0 Å². The van der Waals surface area contributed by atoms with Crippen LogP contribution in [0.2, 0.25) is 0 Å². The van der Waals surface area contributed by atoms with Crippen molar-refractivity contribution < 1.29 is 0 Å². The van der Waals surface area contributed by atoms with Crippen molar-refractivity contribution in [3.05, 3.63) is 60.6 Å². The maximum atomic E-state index is 3.83. The van der Waals surface area contributed by atoms with E-state index >= 15 is 0 Å². The first-order chi connectivity index (χ1) is 12.6. The quantitative estimate of drug-likeness (QED) is 0.160. The van der Waals surface area contributed by atoms with E-state index in [2.05, 4.69) is 213 Å². The lowest BCUT2D eigenvalue weighted by atomic mass is 9.77. The summed E-state index contributed by atoms with van der Waals surface area (Å²) in [7, 11) is 0. The van der Waals surface area contributed by atoms with Crippen molar-refractivity contribution in [3.63, 3.8) is 0 Å². The molecular weight excluding hydrogens is 1220 g/mol. The van der Waals surface area contributed by atoms with Crippen molar-refractivity contribution >= 4 is 207 Å². The summed E-state index contributed by atoms with van der Waals surface area (Å²) in [4.78, 5) is 0. The lowest BCUT2D eigenvalue weighted by Gasteiger charge is -2.49. The molecule has 0 amide bonds. The molecule has 0 saturated carbocycles. The molecule has 0 saturated heterocycles. The number of benzene rings is 2. The summed E-state index contributed by atoms with van der Waals surface area (Å²) in [5, 5.41) is 0. The van der Waals surface area contributed by atoms with Gasteiger partial charge in [-0.1, -0.05) is 108 Å². The van der Waals surface area contributed by atoms with Gasteiger partial charge in [0.05, 0.1) is 5.41 Å². The van der Waals surface area contributed by atoms with Crippen LogP contribution in [0.1, 0.15) is 11.1 Å². The van der Waals surface area contributed by atoms with Crippen LogP contribution in [0.25, 0.3) is 0 Å².